The molecule has 1 amide bonds. The SMILES string of the molecule is CN1C(=O)CCc2cc(C(O)C3C(C)(C)C3(C)C)ccc21. The molecule has 1 atom stereocenters. The number of fused-ring (bicyclic) bond motifs is 1. The number of amides is 1. The molecule has 1 fully saturated rings. The predicted octanol–water partition coefficient (Wildman–Crippen LogP) is 3.31. The van der Waals surface area contributed by atoms with E-state index in [1.165, 1.54) is 5.56 Å². The first kappa shape index (κ1) is 14.6. The van der Waals surface area contributed by atoms with Crippen LogP contribution >= 0.6 is 0 Å². The highest BCUT2D eigenvalue weighted by Gasteiger charge is 2.67. The Morgan fingerprint density at radius 2 is 1.81 bits per heavy atom. The van der Waals surface area contributed by atoms with Gasteiger partial charge in [0.15, 0.2) is 0 Å². The number of carbonyl (C=O) groups is 1. The van der Waals surface area contributed by atoms with Crippen molar-refractivity contribution in [1.29, 1.82) is 0 Å². The third kappa shape index (κ3) is 1.94. The summed E-state index contributed by atoms with van der Waals surface area (Å²) in [5.74, 6) is 0.450. The summed E-state index contributed by atoms with van der Waals surface area (Å²) in [4.78, 5) is 13.5. The van der Waals surface area contributed by atoms with Gasteiger partial charge >= 0.3 is 0 Å². The van der Waals surface area contributed by atoms with E-state index in [1.807, 2.05) is 19.2 Å². The van der Waals surface area contributed by atoms with Gasteiger partial charge in [-0.15, -0.1) is 0 Å². The number of anilines is 1. The summed E-state index contributed by atoms with van der Waals surface area (Å²) < 4.78 is 0. The average molecular weight is 287 g/mol. The van der Waals surface area contributed by atoms with E-state index in [-0.39, 0.29) is 22.7 Å². The fraction of sp³-hybridized carbons (Fsp3) is 0.611. The Balaban J connectivity index is 1.90. The van der Waals surface area contributed by atoms with Crippen molar-refractivity contribution in [3.63, 3.8) is 0 Å². The standard InChI is InChI=1S/C18H25NO2/c1-17(2)16(18(17,3)4)15(21)12-6-8-13-11(10-12)7-9-14(20)19(13)5/h6,8,10,15-16,21H,7,9H2,1-5H3. The first-order chi connectivity index (χ1) is 9.68. The van der Waals surface area contributed by atoms with E-state index < -0.39 is 6.10 Å². The van der Waals surface area contributed by atoms with Gasteiger partial charge in [-0.2, -0.15) is 0 Å². The summed E-state index contributed by atoms with van der Waals surface area (Å²) in [6.45, 7) is 8.91. The summed E-state index contributed by atoms with van der Waals surface area (Å²) in [5, 5.41) is 10.8. The Labute approximate surface area is 127 Å². The molecule has 1 unspecified atom stereocenters. The fourth-order valence-corrected chi connectivity index (χ4v) is 4.09. The minimum absolute atomic E-state index is 0.162. The Morgan fingerprint density at radius 1 is 1.19 bits per heavy atom. The number of carbonyl (C=O) groups excluding carboxylic acids is 1. The first-order valence-corrected chi connectivity index (χ1v) is 7.75. The third-order valence-electron chi connectivity index (χ3n) is 6.24. The molecule has 1 aromatic carbocycles. The Morgan fingerprint density at radius 3 is 2.38 bits per heavy atom. The minimum Gasteiger partial charge on any atom is -0.388 e. The highest BCUT2D eigenvalue weighted by atomic mass is 16.3. The van der Waals surface area contributed by atoms with Gasteiger partial charge < -0.3 is 10.0 Å². The number of aryl methyl sites for hydroxylation is 1. The number of benzene rings is 1. The van der Waals surface area contributed by atoms with Crippen LogP contribution in [0.2, 0.25) is 0 Å². The number of aliphatic hydroxyl groups is 1. The lowest BCUT2D eigenvalue weighted by molar-refractivity contribution is -0.118. The molecule has 1 aliphatic carbocycles. The molecule has 0 spiro atoms. The molecule has 0 radical (unpaired) electrons. The molecule has 21 heavy (non-hydrogen) atoms. The number of rotatable bonds is 2. The van der Waals surface area contributed by atoms with Gasteiger partial charge in [0.25, 0.3) is 0 Å². The second-order valence-electron chi connectivity index (χ2n) is 7.71. The van der Waals surface area contributed by atoms with Crippen molar-refractivity contribution in [3.05, 3.63) is 29.3 Å². The van der Waals surface area contributed by atoms with Crippen LogP contribution in [0.25, 0.3) is 0 Å². The van der Waals surface area contributed by atoms with Crippen LogP contribution in [0.4, 0.5) is 5.69 Å². The van der Waals surface area contributed by atoms with Gasteiger partial charge in [0.05, 0.1) is 6.10 Å². The molecule has 1 aliphatic heterocycles. The highest BCUT2D eigenvalue weighted by Crippen LogP contribution is 2.72. The van der Waals surface area contributed by atoms with E-state index in [4.69, 9.17) is 0 Å². The highest BCUT2D eigenvalue weighted by molar-refractivity contribution is 5.95. The van der Waals surface area contributed by atoms with E-state index in [0.29, 0.717) is 6.42 Å². The maximum atomic E-state index is 11.7. The molecule has 0 bridgehead atoms. The molecule has 0 saturated heterocycles. The average Bonchev–Trinajstić information content (AvgIpc) is 2.83. The van der Waals surface area contributed by atoms with Crippen LogP contribution in [-0.2, 0) is 11.2 Å². The molecular weight excluding hydrogens is 262 g/mol. The second kappa shape index (κ2) is 4.33. The van der Waals surface area contributed by atoms with Crippen LogP contribution in [0.15, 0.2) is 18.2 Å². The van der Waals surface area contributed by atoms with Crippen molar-refractivity contribution >= 4 is 11.6 Å². The van der Waals surface area contributed by atoms with Crippen molar-refractivity contribution in [3.8, 4) is 0 Å². The molecule has 3 nitrogen and oxygen atoms in total. The lowest BCUT2D eigenvalue weighted by atomic mass is 9.94. The molecule has 0 aromatic heterocycles. The smallest absolute Gasteiger partial charge is 0.227 e. The van der Waals surface area contributed by atoms with Crippen molar-refractivity contribution < 1.29 is 9.90 Å². The first-order valence-electron chi connectivity index (χ1n) is 7.75. The van der Waals surface area contributed by atoms with Gasteiger partial charge in [-0.25, -0.2) is 0 Å². The van der Waals surface area contributed by atoms with Crippen LogP contribution in [0, 0.1) is 16.7 Å². The van der Waals surface area contributed by atoms with E-state index in [0.717, 1.165) is 17.7 Å². The minimum atomic E-state index is -0.428. The summed E-state index contributed by atoms with van der Waals surface area (Å²) in [6, 6.07) is 6.05. The van der Waals surface area contributed by atoms with E-state index in [1.54, 1.807) is 4.90 Å². The van der Waals surface area contributed by atoms with Gasteiger partial charge in [-0.1, -0.05) is 39.8 Å². The maximum absolute atomic E-state index is 11.7. The Bertz CT molecular complexity index is 589. The van der Waals surface area contributed by atoms with Gasteiger partial charge in [0, 0.05) is 25.1 Å². The fourth-order valence-electron chi connectivity index (χ4n) is 4.09. The number of nitrogens with zero attached hydrogens (tertiary/aromatic N) is 1. The van der Waals surface area contributed by atoms with Crippen LogP contribution in [0.5, 0.6) is 0 Å². The largest absolute Gasteiger partial charge is 0.388 e. The van der Waals surface area contributed by atoms with E-state index >= 15 is 0 Å². The van der Waals surface area contributed by atoms with E-state index in [9.17, 15) is 9.90 Å². The molecule has 114 valence electrons. The summed E-state index contributed by atoms with van der Waals surface area (Å²) >= 11 is 0. The summed E-state index contributed by atoms with van der Waals surface area (Å²) in [5.41, 5.74) is 3.46. The van der Waals surface area contributed by atoms with Crippen molar-refractivity contribution in [2.45, 2.75) is 46.6 Å². The summed E-state index contributed by atoms with van der Waals surface area (Å²) in [7, 11) is 1.82. The van der Waals surface area contributed by atoms with E-state index in [2.05, 4.69) is 33.8 Å². The molecule has 2 aliphatic rings. The van der Waals surface area contributed by atoms with Crippen molar-refractivity contribution in [2.24, 2.45) is 16.7 Å². The number of hydrogen-bond acceptors (Lipinski definition) is 2. The Kier molecular flexibility index (Phi) is 3.00. The van der Waals surface area contributed by atoms with Crippen molar-refractivity contribution in [2.75, 3.05) is 11.9 Å². The van der Waals surface area contributed by atoms with Crippen LogP contribution in [0.3, 0.4) is 0 Å². The zero-order valence-corrected chi connectivity index (χ0v) is 13.6. The zero-order valence-electron chi connectivity index (χ0n) is 13.6. The zero-order chi connectivity index (χ0) is 15.6. The molecule has 1 heterocycles. The molecule has 3 heteroatoms. The molecule has 3 rings (SSSR count). The van der Waals surface area contributed by atoms with Crippen LogP contribution in [0.1, 0.15) is 51.3 Å². The molecule has 1 saturated carbocycles. The number of hydrogen-bond donors (Lipinski definition) is 1. The van der Waals surface area contributed by atoms with Crippen LogP contribution < -0.4 is 4.90 Å². The molecule has 1 N–H and O–H groups in total. The summed E-state index contributed by atoms with van der Waals surface area (Å²) in [6.07, 6.45) is 0.906. The van der Waals surface area contributed by atoms with Crippen LogP contribution in [-0.4, -0.2) is 18.1 Å². The van der Waals surface area contributed by atoms with Crippen molar-refractivity contribution in [1.82, 2.24) is 0 Å². The monoisotopic (exact) mass is 287 g/mol. The van der Waals surface area contributed by atoms with Gasteiger partial charge in [-0.3, -0.25) is 4.79 Å². The molecule has 1 aromatic rings. The van der Waals surface area contributed by atoms with Gasteiger partial charge in [0.1, 0.15) is 0 Å². The second-order valence-corrected chi connectivity index (χ2v) is 7.71. The maximum Gasteiger partial charge on any atom is 0.227 e. The molecular formula is C18H25NO2. The Hall–Kier alpha value is -1.35. The predicted molar refractivity (Wildman–Crippen MR) is 84.2 cm³/mol. The topological polar surface area (TPSA) is 40.5 Å². The number of aliphatic hydroxyl groups excluding tert-OH is 1. The normalized spacial score (nSPS) is 24.7. The lowest BCUT2D eigenvalue weighted by Crippen LogP contribution is -2.31. The van der Waals surface area contributed by atoms with Gasteiger partial charge in [-0.05, 0) is 34.4 Å². The van der Waals surface area contributed by atoms with Gasteiger partial charge in [0.2, 0.25) is 5.91 Å². The lowest BCUT2D eigenvalue weighted by Gasteiger charge is -2.27. The third-order valence-corrected chi connectivity index (χ3v) is 6.24. The quantitative estimate of drug-likeness (QED) is 0.906.